The highest BCUT2D eigenvalue weighted by Gasteiger charge is 2.03. The van der Waals surface area contributed by atoms with E-state index >= 15 is 0 Å². The summed E-state index contributed by atoms with van der Waals surface area (Å²) in [5.74, 6) is -0.229. The molecule has 0 aromatic rings. The summed E-state index contributed by atoms with van der Waals surface area (Å²) in [6.45, 7) is 4.93. The summed E-state index contributed by atoms with van der Waals surface area (Å²) in [5, 5.41) is 0. The molecule has 0 aliphatic heterocycles. The molecule has 0 aliphatic rings. The lowest BCUT2D eigenvalue weighted by Gasteiger charge is -2.19. The summed E-state index contributed by atoms with van der Waals surface area (Å²) in [7, 11) is 1.98. The van der Waals surface area contributed by atoms with Crippen LogP contribution in [0.2, 0.25) is 0 Å². The second-order valence-corrected chi connectivity index (χ2v) is 2.79. The number of nitrogens with zero attached hydrogens (tertiary/aromatic N) is 1. The molecule has 0 atom stereocenters. The van der Waals surface area contributed by atoms with Gasteiger partial charge >= 0.3 is 0 Å². The predicted molar refractivity (Wildman–Crippen MR) is 41.6 cm³/mol. The number of nitrogens with two attached hydrogens (primary N) is 1. The first-order chi connectivity index (χ1) is 4.54. The number of rotatable bonds is 4. The van der Waals surface area contributed by atoms with Gasteiger partial charge in [-0.15, -0.1) is 0 Å². The average Bonchev–Trinajstić information content (AvgIpc) is 1.82. The Morgan fingerprint density at radius 2 is 2.10 bits per heavy atom. The molecule has 0 saturated heterocycles. The number of amides is 1. The molecule has 0 rings (SSSR count). The van der Waals surface area contributed by atoms with Gasteiger partial charge in [0.05, 0.1) is 0 Å². The summed E-state index contributed by atoms with van der Waals surface area (Å²) in [5.41, 5.74) is 4.98. The zero-order valence-corrected chi connectivity index (χ0v) is 6.92. The topological polar surface area (TPSA) is 46.3 Å². The van der Waals surface area contributed by atoms with Gasteiger partial charge in [0, 0.05) is 19.0 Å². The molecule has 0 bridgehead atoms. The maximum absolute atomic E-state index is 10.3. The lowest BCUT2D eigenvalue weighted by molar-refractivity contribution is -0.118. The van der Waals surface area contributed by atoms with Crippen LogP contribution in [0.1, 0.15) is 20.3 Å². The van der Waals surface area contributed by atoms with E-state index in [-0.39, 0.29) is 5.91 Å². The van der Waals surface area contributed by atoms with E-state index in [9.17, 15) is 4.79 Å². The molecule has 0 aromatic carbocycles. The summed E-state index contributed by atoms with van der Waals surface area (Å²) in [6.07, 6.45) is 0.453. The van der Waals surface area contributed by atoms with Crippen LogP contribution < -0.4 is 5.73 Å². The van der Waals surface area contributed by atoms with Crippen molar-refractivity contribution in [2.24, 2.45) is 5.73 Å². The van der Waals surface area contributed by atoms with Gasteiger partial charge in [0.25, 0.3) is 0 Å². The molecule has 0 spiro atoms. The first kappa shape index (κ1) is 9.43. The first-order valence-electron chi connectivity index (χ1n) is 3.52. The van der Waals surface area contributed by atoms with Crippen molar-refractivity contribution in [3.63, 3.8) is 0 Å². The third-order valence-corrected chi connectivity index (χ3v) is 1.59. The molecular formula is C7H16N2O. The minimum absolute atomic E-state index is 0.229. The smallest absolute Gasteiger partial charge is 0.218 e. The third kappa shape index (κ3) is 4.32. The second kappa shape index (κ2) is 4.28. The average molecular weight is 144 g/mol. The van der Waals surface area contributed by atoms with Crippen LogP contribution in [0.15, 0.2) is 0 Å². The van der Waals surface area contributed by atoms with Gasteiger partial charge in [-0.2, -0.15) is 0 Å². The van der Waals surface area contributed by atoms with Crippen LogP contribution in [-0.4, -0.2) is 30.4 Å². The van der Waals surface area contributed by atoms with E-state index in [1.54, 1.807) is 0 Å². The van der Waals surface area contributed by atoms with Crippen molar-refractivity contribution >= 4 is 5.91 Å². The highest BCUT2D eigenvalue weighted by molar-refractivity contribution is 5.73. The first-order valence-corrected chi connectivity index (χ1v) is 3.52. The van der Waals surface area contributed by atoms with Crippen molar-refractivity contribution in [3.05, 3.63) is 0 Å². The molecule has 0 fully saturated rings. The highest BCUT2D eigenvalue weighted by atomic mass is 16.1. The molecule has 1 amide bonds. The Morgan fingerprint density at radius 3 is 2.40 bits per heavy atom. The van der Waals surface area contributed by atoms with Gasteiger partial charge in [-0.25, -0.2) is 0 Å². The molecule has 3 nitrogen and oxygen atoms in total. The Bertz CT molecular complexity index is 112. The van der Waals surface area contributed by atoms with Gasteiger partial charge in [-0.3, -0.25) is 4.79 Å². The van der Waals surface area contributed by atoms with Crippen LogP contribution in [0, 0.1) is 0 Å². The van der Waals surface area contributed by atoms with Gasteiger partial charge in [-0.1, -0.05) is 0 Å². The molecule has 10 heavy (non-hydrogen) atoms. The minimum atomic E-state index is -0.229. The minimum Gasteiger partial charge on any atom is -0.370 e. The molecule has 0 aromatic heterocycles. The Balaban J connectivity index is 3.39. The van der Waals surface area contributed by atoms with Crippen molar-refractivity contribution in [2.45, 2.75) is 26.3 Å². The van der Waals surface area contributed by atoms with Crippen LogP contribution in [0.4, 0.5) is 0 Å². The zero-order valence-electron chi connectivity index (χ0n) is 6.92. The molecule has 0 unspecified atom stereocenters. The molecule has 0 saturated carbocycles. The summed E-state index contributed by atoms with van der Waals surface area (Å²) < 4.78 is 0. The number of primary amides is 1. The van der Waals surface area contributed by atoms with E-state index < -0.39 is 0 Å². The predicted octanol–water partition coefficient (Wildman–Crippen LogP) is 0.202. The van der Waals surface area contributed by atoms with E-state index in [0.29, 0.717) is 12.5 Å². The van der Waals surface area contributed by atoms with Crippen LogP contribution >= 0.6 is 0 Å². The van der Waals surface area contributed by atoms with Gasteiger partial charge in [0.1, 0.15) is 0 Å². The normalized spacial score (nSPS) is 10.9. The fraction of sp³-hybridized carbons (Fsp3) is 0.857. The van der Waals surface area contributed by atoms with Crippen LogP contribution in [0.5, 0.6) is 0 Å². The van der Waals surface area contributed by atoms with Crippen molar-refractivity contribution in [1.29, 1.82) is 0 Å². The number of hydrogen-bond donors (Lipinski definition) is 1. The largest absolute Gasteiger partial charge is 0.370 e. The lowest BCUT2D eigenvalue weighted by Crippen LogP contribution is -2.30. The van der Waals surface area contributed by atoms with Crippen molar-refractivity contribution in [1.82, 2.24) is 4.90 Å². The van der Waals surface area contributed by atoms with Gasteiger partial charge in [0.15, 0.2) is 0 Å². The molecular weight excluding hydrogens is 128 g/mol. The van der Waals surface area contributed by atoms with Crippen molar-refractivity contribution in [2.75, 3.05) is 13.6 Å². The maximum Gasteiger partial charge on any atom is 0.218 e. The number of hydrogen-bond acceptors (Lipinski definition) is 2. The third-order valence-electron chi connectivity index (χ3n) is 1.59. The Morgan fingerprint density at radius 1 is 1.60 bits per heavy atom. The fourth-order valence-electron chi connectivity index (χ4n) is 0.545. The van der Waals surface area contributed by atoms with E-state index in [1.807, 2.05) is 7.05 Å². The standard InChI is InChI=1S/C7H16N2O/c1-6(2)9(3)5-4-7(8)10/h6H,4-5H2,1-3H3,(H2,8,10). The molecule has 2 N–H and O–H groups in total. The van der Waals surface area contributed by atoms with Gasteiger partial charge in [0.2, 0.25) is 5.91 Å². The summed E-state index contributed by atoms with van der Waals surface area (Å²) >= 11 is 0. The van der Waals surface area contributed by atoms with E-state index in [1.165, 1.54) is 0 Å². The summed E-state index contributed by atoms with van der Waals surface area (Å²) in [4.78, 5) is 12.4. The van der Waals surface area contributed by atoms with E-state index in [4.69, 9.17) is 5.73 Å². The lowest BCUT2D eigenvalue weighted by atomic mass is 10.3. The molecule has 0 radical (unpaired) electrons. The van der Waals surface area contributed by atoms with Crippen LogP contribution in [-0.2, 0) is 4.79 Å². The Hall–Kier alpha value is -0.570. The second-order valence-electron chi connectivity index (χ2n) is 2.79. The number of carbonyl (C=O) groups is 1. The highest BCUT2D eigenvalue weighted by Crippen LogP contribution is 1.93. The SMILES string of the molecule is CC(C)N(C)CCC(N)=O. The van der Waals surface area contributed by atoms with Crippen molar-refractivity contribution in [3.8, 4) is 0 Å². The van der Waals surface area contributed by atoms with Gasteiger partial charge in [-0.05, 0) is 20.9 Å². The number of carbonyl (C=O) groups excluding carboxylic acids is 1. The Kier molecular flexibility index (Phi) is 4.03. The van der Waals surface area contributed by atoms with E-state index in [0.717, 1.165) is 6.54 Å². The quantitative estimate of drug-likeness (QED) is 0.612. The Labute approximate surface area is 62.2 Å². The maximum atomic E-state index is 10.3. The molecule has 0 heterocycles. The molecule has 60 valence electrons. The van der Waals surface area contributed by atoms with Gasteiger partial charge < -0.3 is 10.6 Å². The fourth-order valence-corrected chi connectivity index (χ4v) is 0.545. The van der Waals surface area contributed by atoms with E-state index in [2.05, 4.69) is 18.7 Å². The molecule has 0 aliphatic carbocycles. The zero-order chi connectivity index (χ0) is 8.15. The van der Waals surface area contributed by atoms with Crippen LogP contribution in [0.25, 0.3) is 0 Å². The monoisotopic (exact) mass is 144 g/mol. The van der Waals surface area contributed by atoms with Crippen LogP contribution in [0.3, 0.4) is 0 Å². The van der Waals surface area contributed by atoms with Crippen molar-refractivity contribution < 1.29 is 4.79 Å². The molecule has 3 heteroatoms. The summed E-state index contributed by atoms with van der Waals surface area (Å²) in [6, 6.07) is 0.486.